The standard InChI is InChI=1S/C14H17ClN4S/c1-9-14(15)12(18(2)17-9)8-19-5-6-20-13-4-3-10(16)7-11(13)19/h3-4,7H,5-6,8,16H2,1-2H3. The molecule has 0 radical (unpaired) electrons. The second-order valence-electron chi connectivity index (χ2n) is 4.97. The lowest BCUT2D eigenvalue weighted by molar-refractivity contribution is 0.679. The van der Waals surface area contributed by atoms with Crippen LogP contribution < -0.4 is 10.6 Å². The summed E-state index contributed by atoms with van der Waals surface area (Å²) in [5.74, 6) is 1.07. The van der Waals surface area contributed by atoms with Gasteiger partial charge >= 0.3 is 0 Å². The van der Waals surface area contributed by atoms with Crippen LogP contribution in [0, 0.1) is 6.92 Å². The van der Waals surface area contributed by atoms with E-state index in [2.05, 4.69) is 16.1 Å². The van der Waals surface area contributed by atoms with Crippen LogP contribution in [0.15, 0.2) is 23.1 Å². The summed E-state index contributed by atoms with van der Waals surface area (Å²) < 4.78 is 1.87. The maximum atomic E-state index is 6.35. The van der Waals surface area contributed by atoms with Crippen molar-refractivity contribution in [2.75, 3.05) is 22.9 Å². The fraction of sp³-hybridized carbons (Fsp3) is 0.357. The Morgan fingerprint density at radius 1 is 1.45 bits per heavy atom. The third-order valence-corrected chi connectivity index (χ3v) is 5.08. The van der Waals surface area contributed by atoms with Crippen LogP contribution >= 0.6 is 23.4 Å². The number of anilines is 2. The number of nitrogens with zero attached hydrogens (tertiary/aromatic N) is 3. The Bertz CT molecular complexity index is 653. The Kier molecular flexibility index (Phi) is 3.56. The van der Waals surface area contributed by atoms with E-state index >= 15 is 0 Å². The molecule has 1 aliphatic rings. The van der Waals surface area contributed by atoms with Gasteiger partial charge in [0.1, 0.15) is 0 Å². The predicted molar refractivity (Wildman–Crippen MR) is 85.6 cm³/mol. The van der Waals surface area contributed by atoms with Gasteiger partial charge in [0.15, 0.2) is 0 Å². The molecule has 2 aromatic rings. The molecule has 0 spiro atoms. The third kappa shape index (κ3) is 2.36. The summed E-state index contributed by atoms with van der Waals surface area (Å²) in [5, 5.41) is 5.14. The van der Waals surface area contributed by atoms with Crippen LogP contribution in [0.4, 0.5) is 11.4 Å². The number of rotatable bonds is 2. The lowest BCUT2D eigenvalue weighted by Crippen LogP contribution is -2.29. The molecule has 6 heteroatoms. The largest absolute Gasteiger partial charge is 0.399 e. The topological polar surface area (TPSA) is 47.1 Å². The molecular weight excluding hydrogens is 292 g/mol. The fourth-order valence-corrected chi connectivity index (χ4v) is 3.74. The number of benzene rings is 1. The number of aryl methyl sites for hydroxylation is 2. The summed E-state index contributed by atoms with van der Waals surface area (Å²) in [5.41, 5.74) is 9.83. The molecule has 20 heavy (non-hydrogen) atoms. The molecule has 1 aliphatic heterocycles. The molecule has 0 amide bonds. The Balaban J connectivity index is 1.95. The Hall–Kier alpha value is -1.33. The van der Waals surface area contributed by atoms with Gasteiger partial charge in [-0.2, -0.15) is 5.10 Å². The van der Waals surface area contributed by atoms with Crippen LogP contribution in [0.2, 0.25) is 5.02 Å². The zero-order chi connectivity index (χ0) is 14.3. The zero-order valence-corrected chi connectivity index (χ0v) is 13.1. The van der Waals surface area contributed by atoms with E-state index in [0.717, 1.165) is 40.9 Å². The third-order valence-electron chi connectivity index (χ3n) is 3.54. The number of nitrogen functional groups attached to an aromatic ring is 1. The molecule has 106 valence electrons. The molecule has 0 saturated heterocycles. The molecule has 2 heterocycles. The normalized spacial score (nSPS) is 14.4. The van der Waals surface area contributed by atoms with Crippen LogP contribution in [0.3, 0.4) is 0 Å². The first-order valence-electron chi connectivity index (χ1n) is 6.51. The summed E-state index contributed by atoms with van der Waals surface area (Å²) in [6.45, 7) is 3.68. The number of hydrogen-bond donors (Lipinski definition) is 1. The van der Waals surface area contributed by atoms with Crippen LogP contribution in [-0.2, 0) is 13.6 Å². The highest BCUT2D eigenvalue weighted by atomic mass is 35.5. The first-order chi connectivity index (χ1) is 9.56. The van der Waals surface area contributed by atoms with Gasteiger partial charge in [-0.25, -0.2) is 0 Å². The van der Waals surface area contributed by atoms with Gasteiger partial charge in [-0.1, -0.05) is 11.6 Å². The second kappa shape index (κ2) is 5.22. The van der Waals surface area contributed by atoms with Gasteiger partial charge in [-0.3, -0.25) is 4.68 Å². The van der Waals surface area contributed by atoms with Crippen molar-refractivity contribution in [3.63, 3.8) is 0 Å². The van der Waals surface area contributed by atoms with E-state index in [0.29, 0.717) is 0 Å². The molecule has 1 aromatic heterocycles. The summed E-state index contributed by atoms with van der Waals surface area (Å²) in [7, 11) is 1.94. The number of nitrogens with two attached hydrogens (primary N) is 1. The molecule has 2 N–H and O–H groups in total. The minimum atomic E-state index is 0.757. The maximum absolute atomic E-state index is 6.35. The summed E-state index contributed by atoms with van der Waals surface area (Å²) in [4.78, 5) is 3.60. The van der Waals surface area contributed by atoms with Crippen LogP contribution in [-0.4, -0.2) is 22.1 Å². The predicted octanol–water partition coefficient (Wildman–Crippen LogP) is 3.08. The van der Waals surface area contributed by atoms with Crippen molar-refractivity contribution in [3.8, 4) is 0 Å². The molecule has 0 aliphatic carbocycles. The van der Waals surface area contributed by atoms with Gasteiger partial charge in [0, 0.05) is 29.9 Å². The maximum Gasteiger partial charge on any atom is 0.0865 e. The number of halogens is 1. The first-order valence-corrected chi connectivity index (χ1v) is 7.88. The number of hydrogen-bond acceptors (Lipinski definition) is 4. The van der Waals surface area contributed by atoms with Crippen LogP contribution in [0.25, 0.3) is 0 Å². The molecule has 3 rings (SSSR count). The van der Waals surface area contributed by atoms with Gasteiger partial charge in [0.25, 0.3) is 0 Å². The number of thioether (sulfide) groups is 1. The second-order valence-corrected chi connectivity index (χ2v) is 6.48. The van der Waals surface area contributed by atoms with Crippen molar-refractivity contribution in [2.45, 2.75) is 18.4 Å². The van der Waals surface area contributed by atoms with E-state index in [1.807, 2.05) is 42.5 Å². The highest BCUT2D eigenvalue weighted by Gasteiger charge is 2.21. The summed E-state index contributed by atoms with van der Waals surface area (Å²) >= 11 is 8.22. The molecule has 4 nitrogen and oxygen atoms in total. The summed E-state index contributed by atoms with van der Waals surface area (Å²) in [6, 6.07) is 6.09. The number of aromatic nitrogens is 2. The highest BCUT2D eigenvalue weighted by Crippen LogP contribution is 2.37. The van der Waals surface area contributed by atoms with E-state index in [4.69, 9.17) is 17.3 Å². The van der Waals surface area contributed by atoms with Crippen LogP contribution in [0.1, 0.15) is 11.4 Å². The average molecular weight is 309 g/mol. The van der Waals surface area contributed by atoms with Crippen molar-refractivity contribution < 1.29 is 0 Å². The van der Waals surface area contributed by atoms with Gasteiger partial charge in [-0.05, 0) is 25.1 Å². The Morgan fingerprint density at radius 2 is 2.25 bits per heavy atom. The Morgan fingerprint density at radius 3 is 2.95 bits per heavy atom. The van der Waals surface area contributed by atoms with Gasteiger partial charge in [0.2, 0.25) is 0 Å². The van der Waals surface area contributed by atoms with Crippen molar-refractivity contribution in [2.24, 2.45) is 7.05 Å². The summed E-state index contributed by atoms with van der Waals surface area (Å²) in [6.07, 6.45) is 0. The van der Waals surface area contributed by atoms with E-state index in [-0.39, 0.29) is 0 Å². The van der Waals surface area contributed by atoms with E-state index in [1.54, 1.807) is 0 Å². The first kappa shape index (κ1) is 13.6. The molecule has 0 unspecified atom stereocenters. The smallest absolute Gasteiger partial charge is 0.0865 e. The van der Waals surface area contributed by atoms with Crippen molar-refractivity contribution in [1.82, 2.24) is 9.78 Å². The number of fused-ring (bicyclic) bond motifs is 1. The minimum absolute atomic E-state index is 0.757. The molecule has 0 atom stereocenters. The lowest BCUT2D eigenvalue weighted by Gasteiger charge is -2.31. The van der Waals surface area contributed by atoms with Crippen LogP contribution in [0.5, 0.6) is 0 Å². The quantitative estimate of drug-likeness (QED) is 0.866. The minimum Gasteiger partial charge on any atom is -0.399 e. The van der Waals surface area contributed by atoms with E-state index in [9.17, 15) is 0 Å². The molecular formula is C14H17ClN4S. The van der Waals surface area contributed by atoms with E-state index in [1.165, 1.54) is 10.6 Å². The van der Waals surface area contributed by atoms with Gasteiger partial charge in [-0.15, -0.1) is 11.8 Å². The van der Waals surface area contributed by atoms with Crippen molar-refractivity contribution in [3.05, 3.63) is 34.6 Å². The van der Waals surface area contributed by atoms with Gasteiger partial charge in [0.05, 0.1) is 28.6 Å². The van der Waals surface area contributed by atoms with Gasteiger partial charge < -0.3 is 10.6 Å². The highest BCUT2D eigenvalue weighted by molar-refractivity contribution is 7.99. The van der Waals surface area contributed by atoms with E-state index < -0.39 is 0 Å². The molecule has 0 saturated carbocycles. The molecule has 0 fully saturated rings. The Labute approximate surface area is 127 Å². The lowest BCUT2D eigenvalue weighted by atomic mass is 10.2. The van der Waals surface area contributed by atoms with Crippen molar-refractivity contribution >= 4 is 34.7 Å². The molecule has 0 bridgehead atoms. The molecule has 1 aromatic carbocycles. The zero-order valence-electron chi connectivity index (χ0n) is 11.6. The van der Waals surface area contributed by atoms with Crippen molar-refractivity contribution in [1.29, 1.82) is 0 Å². The SMILES string of the molecule is Cc1nn(C)c(CN2CCSc3ccc(N)cc32)c1Cl. The average Bonchev–Trinajstić information content (AvgIpc) is 2.66. The monoisotopic (exact) mass is 308 g/mol. The fourth-order valence-electron chi connectivity index (χ4n) is 2.49.